The molecule has 6 unspecified atom stereocenters. The predicted octanol–water partition coefficient (Wildman–Crippen LogP) is 5.02. The number of phosphoric ester groups is 1. The van der Waals surface area contributed by atoms with Crippen LogP contribution in [0.3, 0.4) is 0 Å². The molecule has 0 bridgehead atoms. The summed E-state index contributed by atoms with van der Waals surface area (Å²) in [5, 5.41) is 0. The summed E-state index contributed by atoms with van der Waals surface area (Å²) in [7, 11) is -3.78. The van der Waals surface area contributed by atoms with Crippen molar-refractivity contribution in [3.05, 3.63) is 0 Å². The van der Waals surface area contributed by atoms with Gasteiger partial charge in [-0.05, 0) is 38.5 Å². The van der Waals surface area contributed by atoms with E-state index >= 15 is 0 Å². The molecule has 0 aliphatic carbocycles. The maximum atomic E-state index is 13.5. The molecule has 3 fully saturated rings. The largest absolute Gasteiger partial charge is 0.475 e. The lowest BCUT2D eigenvalue weighted by molar-refractivity contribution is 0.0573. The van der Waals surface area contributed by atoms with Gasteiger partial charge in [-0.1, -0.05) is 41.5 Å². The average Bonchev–Trinajstić information content (AvgIpc) is 3.67. The van der Waals surface area contributed by atoms with Crippen LogP contribution in [0.1, 0.15) is 80.1 Å². The Balaban J connectivity index is 1.63. The van der Waals surface area contributed by atoms with Crippen molar-refractivity contribution in [2.24, 2.45) is 0 Å². The third kappa shape index (κ3) is 4.77. The molecule has 3 heterocycles. The second kappa shape index (κ2) is 8.85. The molecule has 0 aromatic heterocycles. The highest BCUT2D eigenvalue weighted by Crippen LogP contribution is 2.57. The Bertz CT molecular complexity index is 535. The van der Waals surface area contributed by atoms with E-state index in [0.29, 0.717) is 0 Å². The predicted molar refractivity (Wildman–Crippen MR) is 110 cm³/mol. The van der Waals surface area contributed by atoms with Gasteiger partial charge in [0.2, 0.25) is 0 Å². The first-order chi connectivity index (χ1) is 13.8. The van der Waals surface area contributed by atoms with E-state index in [1.54, 1.807) is 0 Å². The normalized spacial score (nSPS) is 42.5. The standard InChI is InChI=1S/C21H39O7P/c1-7-16-19(10-4,26-16)13-23-29(22,24-14-20(11-5)17(8-2)27-20)25-15-21(12-6)18(9-3)28-21/h16-18H,7-15H2,1-6H3. The quantitative estimate of drug-likeness (QED) is 0.264. The maximum absolute atomic E-state index is 13.5. The van der Waals surface area contributed by atoms with Gasteiger partial charge in [-0.15, -0.1) is 0 Å². The molecule has 6 atom stereocenters. The van der Waals surface area contributed by atoms with E-state index in [9.17, 15) is 4.57 Å². The van der Waals surface area contributed by atoms with E-state index in [0.717, 1.165) is 38.5 Å². The van der Waals surface area contributed by atoms with Crippen LogP contribution in [-0.2, 0) is 32.3 Å². The van der Waals surface area contributed by atoms with E-state index in [-0.39, 0.29) is 54.9 Å². The fourth-order valence-corrected chi connectivity index (χ4v) is 5.76. The molecule has 3 saturated heterocycles. The molecule has 7 nitrogen and oxygen atoms in total. The number of epoxide rings is 3. The molecule has 0 aromatic rings. The van der Waals surface area contributed by atoms with Gasteiger partial charge in [0.25, 0.3) is 0 Å². The number of rotatable bonds is 15. The van der Waals surface area contributed by atoms with Crippen LogP contribution < -0.4 is 0 Å². The summed E-state index contributed by atoms with van der Waals surface area (Å²) in [4.78, 5) is 0. The summed E-state index contributed by atoms with van der Waals surface area (Å²) in [5.41, 5.74) is -1.15. The van der Waals surface area contributed by atoms with Crippen molar-refractivity contribution in [1.29, 1.82) is 0 Å². The van der Waals surface area contributed by atoms with E-state index < -0.39 is 7.82 Å². The smallest absolute Gasteiger partial charge is 0.364 e. The molecule has 8 heteroatoms. The molecule has 0 saturated carbocycles. The summed E-state index contributed by atoms with van der Waals surface area (Å²) in [6, 6.07) is 0. The van der Waals surface area contributed by atoms with Crippen LogP contribution in [0.4, 0.5) is 0 Å². The van der Waals surface area contributed by atoms with Gasteiger partial charge < -0.3 is 14.2 Å². The summed E-state index contributed by atoms with van der Waals surface area (Å²) >= 11 is 0. The third-order valence-electron chi connectivity index (χ3n) is 7.03. The molecule has 0 aromatic carbocycles. The van der Waals surface area contributed by atoms with Crippen LogP contribution in [-0.4, -0.2) is 54.9 Å². The molecular formula is C21H39O7P. The molecule has 3 rings (SSSR count). The van der Waals surface area contributed by atoms with Gasteiger partial charge in [-0.3, -0.25) is 13.6 Å². The molecule has 170 valence electrons. The van der Waals surface area contributed by atoms with E-state index in [1.807, 2.05) is 0 Å². The highest BCUT2D eigenvalue weighted by atomic mass is 31.2. The average molecular weight is 435 g/mol. The zero-order valence-electron chi connectivity index (χ0n) is 18.9. The van der Waals surface area contributed by atoms with Gasteiger partial charge >= 0.3 is 7.82 Å². The fraction of sp³-hybridized carbons (Fsp3) is 1.00. The van der Waals surface area contributed by atoms with Gasteiger partial charge in [0.15, 0.2) is 0 Å². The Morgan fingerprint density at radius 3 is 1.07 bits per heavy atom. The lowest BCUT2D eigenvalue weighted by atomic mass is 10.0. The first-order valence-electron chi connectivity index (χ1n) is 11.4. The van der Waals surface area contributed by atoms with Crippen molar-refractivity contribution in [2.75, 3.05) is 19.8 Å². The first kappa shape index (κ1) is 23.6. The van der Waals surface area contributed by atoms with Crippen LogP contribution in [0.15, 0.2) is 0 Å². The van der Waals surface area contributed by atoms with Gasteiger partial charge in [0.1, 0.15) is 16.8 Å². The maximum Gasteiger partial charge on any atom is 0.475 e. The van der Waals surface area contributed by atoms with Crippen molar-refractivity contribution >= 4 is 7.82 Å². The summed E-state index contributed by atoms with van der Waals surface area (Å²) in [6.45, 7) is 13.0. The molecule has 3 aliphatic rings. The molecule has 0 amide bonds. The minimum absolute atomic E-state index is 0.136. The summed E-state index contributed by atoms with van der Waals surface area (Å²) < 4.78 is 48.5. The Kier molecular flexibility index (Phi) is 7.22. The van der Waals surface area contributed by atoms with Crippen molar-refractivity contribution in [1.82, 2.24) is 0 Å². The van der Waals surface area contributed by atoms with Crippen LogP contribution in [0.2, 0.25) is 0 Å². The minimum atomic E-state index is -3.78. The Morgan fingerprint density at radius 1 is 0.621 bits per heavy atom. The second-order valence-electron chi connectivity index (χ2n) is 8.57. The highest BCUT2D eigenvalue weighted by molar-refractivity contribution is 7.48. The van der Waals surface area contributed by atoms with Crippen LogP contribution in [0, 0.1) is 0 Å². The Morgan fingerprint density at radius 2 is 0.897 bits per heavy atom. The third-order valence-corrected chi connectivity index (χ3v) is 8.36. The van der Waals surface area contributed by atoms with Crippen LogP contribution in [0.5, 0.6) is 0 Å². The molecule has 0 spiro atoms. The topological polar surface area (TPSA) is 82.4 Å². The molecule has 3 aliphatic heterocycles. The van der Waals surface area contributed by atoms with Crippen LogP contribution >= 0.6 is 7.82 Å². The van der Waals surface area contributed by atoms with E-state index in [4.69, 9.17) is 27.8 Å². The lowest BCUT2D eigenvalue weighted by Gasteiger charge is -2.23. The van der Waals surface area contributed by atoms with Gasteiger partial charge in [0.05, 0.1) is 38.1 Å². The number of phosphoric acid groups is 1. The Hall–Kier alpha value is -0.0100. The molecule has 29 heavy (non-hydrogen) atoms. The summed E-state index contributed by atoms with van der Waals surface area (Å²) in [5.74, 6) is 0. The SMILES string of the molecule is CCC1OC1(CC)COP(=O)(OCC1(CC)OC1CC)OCC1(CC)OC1CC. The lowest BCUT2D eigenvalue weighted by Crippen LogP contribution is -2.26. The van der Waals surface area contributed by atoms with Crippen molar-refractivity contribution < 1.29 is 32.3 Å². The number of hydrogen-bond acceptors (Lipinski definition) is 7. The number of ether oxygens (including phenoxy) is 3. The zero-order chi connectivity index (χ0) is 21.3. The zero-order valence-corrected chi connectivity index (χ0v) is 19.8. The van der Waals surface area contributed by atoms with Gasteiger partial charge in [-0.25, -0.2) is 4.57 Å². The summed E-state index contributed by atoms with van der Waals surface area (Å²) in [6.07, 6.45) is 5.51. The monoisotopic (exact) mass is 434 g/mol. The van der Waals surface area contributed by atoms with Crippen molar-refractivity contribution in [2.45, 2.75) is 115 Å². The van der Waals surface area contributed by atoms with Crippen molar-refractivity contribution in [3.8, 4) is 0 Å². The van der Waals surface area contributed by atoms with E-state index in [2.05, 4.69) is 41.5 Å². The van der Waals surface area contributed by atoms with E-state index in [1.165, 1.54) is 0 Å². The van der Waals surface area contributed by atoms with Gasteiger partial charge in [0, 0.05) is 0 Å². The molecular weight excluding hydrogens is 395 g/mol. The first-order valence-corrected chi connectivity index (χ1v) is 12.8. The second-order valence-corrected chi connectivity index (χ2v) is 10.2. The molecule has 0 N–H and O–H groups in total. The fourth-order valence-electron chi connectivity index (χ4n) is 4.41. The highest BCUT2D eigenvalue weighted by Gasteiger charge is 2.59. The van der Waals surface area contributed by atoms with Crippen LogP contribution in [0.25, 0.3) is 0 Å². The Labute approximate surface area is 175 Å². The minimum Gasteiger partial charge on any atom is -0.364 e. The van der Waals surface area contributed by atoms with Crippen molar-refractivity contribution in [3.63, 3.8) is 0 Å². The van der Waals surface area contributed by atoms with Gasteiger partial charge in [-0.2, -0.15) is 0 Å². The molecule has 0 radical (unpaired) electrons. The number of hydrogen-bond donors (Lipinski definition) is 0.